The number of phenolic OH excluding ortho intramolecular Hbond substituents is 1. The standard InChI is InChI=1S/C30H35N5O8/c1-33(2)19-11-16(13-32-12-14-5-7-35(43)8-6-14)24(36)21-17(19)9-15-10-18-23(34(3)4)26(38)22(29(31)41)28(40)30(18,42)27(39)20(15)25(21)37/h5-8,11,15,18,23,32,36-37,40,42H,9-10,12-13H2,1-4H3,(H2,31,41)/t15-,18-,23-,30-/m0/s1. The summed E-state index contributed by atoms with van der Waals surface area (Å²) in [6, 6.07) is 3.97. The summed E-state index contributed by atoms with van der Waals surface area (Å²) in [6.07, 6.45) is 2.96. The molecule has 13 nitrogen and oxygen atoms in total. The number of aromatic nitrogens is 1. The van der Waals surface area contributed by atoms with Gasteiger partial charge in [-0.1, -0.05) is 0 Å². The summed E-state index contributed by atoms with van der Waals surface area (Å²) in [5.41, 5.74) is 4.22. The number of aliphatic hydroxyl groups excluding tert-OH is 2. The number of aromatic hydroxyl groups is 1. The second-order valence-corrected chi connectivity index (χ2v) is 11.8. The molecule has 1 fully saturated rings. The molecule has 3 aliphatic carbocycles. The van der Waals surface area contributed by atoms with Crippen molar-refractivity contribution in [2.45, 2.75) is 37.6 Å². The van der Waals surface area contributed by atoms with Crippen molar-refractivity contribution in [3.05, 3.63) is 75.0 Å². The monoisotopic (exact) mass is 593 g/mol. The Hall–Kier alpha value is -4.46. The number of nitrogens with zero attached hydrogens (tertiary/aromatic N) is 3. The van der Waals surface area contributed by atoms with Gasteiger partial charge in [0.2, 0.25) is 5.78 Å². The van der Waals surface area contributed by atoms with E-state index >= 15 is 0 Å². The van der Waals surface area contributed by atoms with Gasteiger partial charge in [0.1, 0.15) is 22.8 Å². The summed E-state index contributed by atoms with van der Waals surface area (Å²) in [5.74, 6) is -6.85. The molecule has 7 N–H and O–H groups in total. The minimum atomic E-state index is -2.69. The van der Waals surface area contributed by atoms with Crippen LogP contribution in [-0.4, -0.2) is 82.6 Å². The Balaban J connectivity index is 1.61. The fourth-order valence-corrected chi connectivity index (χ4v) is 6.78. The van der Waals surface area contributed by atoms with Crippen LogP contribution < -0.4 is 20.7 Å². The van der Waals surface area contributed by atoms with Gasteiger partial charge in [0.25, 0.3) is 5.91 Å². The first kappa shape index (κ1) is 30.0. The van der Waals surface area contributed by atoms with Crippen molar-refractivity contribution in [1.29, 1.82) is 0 Å². The van der Waals surface area contributed by atoms with E-state index in [0.29, 0.717) is 28.1 Å². The zero-order valence-electron chi connectivity index (χ0n) is 24.3. The van der Waals surface area contributed by atoms with Gasteiger partial charge in [0.15, 0.2) is 23.8 Å². The van der Waals surface area contributed by atoms with Gasteiger partial charge in [-0.15, -0.1) is 0 Å². The SMILES string of the molecule is CN(C)c1cc(CNCc2cc[n+]([O-])cc2)c(O)c2c1C[C@H]1C[C@H]3[C@H](N(C)C)C(=O)C(C(N)=O)=C(O)[C@@]3(O)C(=O)C1=C2O. The first-order chi connectivity index (χ1) is 20.2. The molecule has 4 atom stereocenters. The van der Waals surface area contributed by atoms with E-state index in [-0.39, 0.29) is 36.3 Å². The number of Topliss-reactive ketones (excluding diaryl/α,β-unsaturated/α-hetero) is 2. The molecule has 1 saturated carbocycles. The zero-order chi connectivity index (χ0) is 31.5. The number of pyridine rings is 1. The lowest BCUT2D eigenvalue weighted by atomic mass is 9.57. The van der Waals surface area contributed by atoms with Crippen molar-refractivity contribution in [3.8, 4) is 5.75 Å². The lowest BCUT2D eigenvalue weighted by Gasteiger charge is -2.50. The van der Waals surface area contributed by atoms with E-state index < -0.39 is 58.0 Å². The quantitative estimate of drug-likeness (QED) is 0.143. The van der Waals surface area contributed by atoms with Crippen molar-refractivity contribution in [2.24, 2.45) is 17.6 Å². The van der Waals surface area contributed by atoms with Crippen molar-refractivity contribution in [1.82, 2.24) is 10.2 Å². The third-order valence-electron chi connectivity index (χ3n) is 8.77. The summed E-state index contributed by atoms with van der Waals surface area (Å²) in [6.45, 7) is 0.562. The van der Waals surface area contributed by atoms with Crippen LogP contribution in [0.1, 0.15) is 28.7 Å². The Morgan fingerprint density at radius 2 is 1.79 bits per heavy atom. The van der Waals surface area contributed by atoms with Crippen LogP contribution >= 0.6 is 0 Å². The number of phenols is 1. The highest BCUT2D eigenvalue weighted by molar-refractivity contribution is 6.24. The van der Waals surface area contributed by atoms with E-state index in [1.807, 2.05) is 19.0 Å². The van der Waals surface area contributed by atoms with Crippen LogP contribution in [0.4, 0.5) is 5.69 Å². The van der Waals surface area contributed by atoms with E-state index in [0.717, 1.165) is 5.56 Å². The van der Waals surface area contributed by atoms with Crippen molar-refractivity contribution < 1.29 is 39.5 Å². The third kappa shape index (κ3) is 4.60. The molecule has 0 spiro atoms. The molecule has 1 aromatic carbocycles. The minimum Gasteiger partial charge on any atom is -0.619 e. The average molecular weight is 594 g/mol. The maximum absolute atomic E-state index is 14.1. The molecule has 0 bridgehead atoms. The number of carbonyl (C=O) groups is 3. The molecule has 5 rings (SSSR count). The Labute approximate surface area is 247 Å². The van der Waals surface area contributed by atoms with Crippen LogP contribution in [-0.2, 0) is 33.9 Å². The Bertz CT molecular complexity index is 1600. The Morgan fingerprint density at radius 3 is 2.37 bits per heavy atom. The van der Waals surface area contributed by atoms with Gasteiger partial charge in [0.05, 0.1) is 11.6 Å². The molecule has 228 valence electrons. The van der Waals surface area contributed by atoms with Crippen molar-refractivity contribution in [3.63, 3.8) is 0 Å². The molecule has 1 heterocycles. The molecule has 0 aliphatic heterocycles. The number of benzene rings is 1. The van der Waals surface area contributed by atoms with Crippen LogP contribution in [0.5, 0.6) is 5.75 Å². The first-order valence-electron chi connectivity index (χ1n) is 13.8. The van der Waals surface area contributed by atoms with Crippen LogP contribution in [0.15, 0.2) is 47.5 Å². The van der Waals surface area contributed by atoms with Gasteiger partial charge in [-0.25, -0.2) is 0 Å². The second kappa shape index (κ2) is 10.7. The number of hydrogen-bond donors (Lipinski definition) is 6. The van der Waals surface area contributed by atoms with Crippen molar-refractivity contribution >= 4 is 28.9 Å². The summed E-state index contributed by atoms with van der Waals surface area (Å²) in [5, 5.41) is 60.3. The second-order valence-electron chi connectivity index (χ2n) is 11.8. The van der Waals surface area contributed by atoms with Gasteiger partial charge in [-0.05, 0) is 50.0 Å². The zero-order valence-corrected chi connectivity index (χ0v) is 24.3. The summed E-state index contributed by atoms with van der Waals surface area (Å²) >= 11 is 0. The molecule has 2 aromatic rings. The van der Waals surface area contributed by atoms with Gasteiger partial charge in [-0.2, -0.15) is 4.73 Å². The highest BCUT2D eigenvalue weighted by Gasteiger charge is 2.64. The largest absolute Gasteiger partial charge is 0.619 e. The molecule has 0 radical (unpaired) electrons. The van der Waals surface area contributed by atoms with E-state index in [1.54, 1.807) is 32.3 Å². The van der Waals surface area contributed by atoms with Gasteiger partial charge in [-0.3, -0.25) is 19.3 Å². The molecule has 0 saturated heterocycles. The normalized spacial score (nSPS) is 25.0. The van der Waals surface area contributed by atoms with Crippen LogP contribution in [0.2, 0.25) is 0 Å². The molecule has 1 aromatic heterocycles. The summed E-state index contributed by atoms with van der Waals surface area (Å²) in [7, 11) is 6.73. The van der Waals surface area contributed by atoms with E-state index in [1.165, 1.54) is 17.3 Å². The molecule has 0 unspecified atom stereocenters. The predicted octanol–water partition coefficient (Wildman–Crippen LogP) is -0.0468. The van der Waals surface area contributed by atoms with E-state index in [4.69, 9.17) is 5.73 Å². The van der Waals surface area contributed by atoms with Crippen LogP contribution in [0.25, 0.3) is 5.76 Å². The maximum atomic E-state index is 14.1. The number of likely N-dealkylation sites (N-methyl/N-ethyl adjacent to an activating group) is 1. The minimum absolute atomic E-state index is 0.0170. The number of anilines is 1. The lowest BCUT2D eigenvalue weighted by Crippen LogP contribution is -2.65. The number of amides is 1. The van der Waals surface area contributed by atoms with Gasteiger partial charge >= 0.3 is 0 Å². The molecule has 13 heteroatoms. The molecule has 3 aliphatic rings. The number of carbonyl (C=O) groups excluding carboxylic acids is 3. The Kier molecular flexibility index (Phi) is 7.45. The van der Waals surface area contributed by atoms with Crippen molar-refractivity contribution in [2.75, 3.05) is 33.1 Å². The van der Waals surface area contributed by atoms with E-state index in [2.05, 4.69) is 5.32 Å². The van der Waals surface area contributed by atoms with E-state index in [9.17, 15) is 40.0 Å². The lowest BCUT2D eigenvalue weighted by molar-refractivity contribution is -0.605. The maximum Gasteiger partial charge on any atom is 0.255 e. The van der Waals surface area contributed by atoms with Gasteiger partial charge in [0, 0.05) is 62.1 Å². The fraction of sp³-hybridized carbons (Fsp3) is 0.400. The third-order valence-corrected chi connectivity index (χ3v) is 8.77. The topological polar surface area (TPSA) is 204 Å². The Morgan fingerprint density at radius 1 is 1.14 bits per heavy atom. The molecule has 1 amide bonds. The number of nitrogens with one attached hydrogen (secondary N) is 1. The number of aliphatic hydroxyl groups is 3. The number of fused-ring (bicyclic) bond motifs is 3. The summed E-state index contributed by atoms with van der Waals surface area (Å²) < 4.78 is 0.674. The summed E-state index contributed by atoms with van der Waals surface area (Å²) in [4.78, 5) is 42.8. The highest BCUT2D eigenvalue weighted by Crippen LogP contribution is 2.54. The first-order valence-corrected chi connectivity index (χ1v) is 13.8. The average Bonchev–Trinajstić information content (AvgIpc) is 2.92. The number of hydrogen-bond acceptors (Lipinski definition) is 11. The number of ketones is 2. The van der Waals surface area contributed by atoms with Crippen LogP contribution in [0, 0.1) is 17.0 Å². The molecule has 43 heavy (non-hydrogen) atoms. The number of rotatable bonds is 7. The highest BCUT2D eigenvalue weighted by atomic mass is 16.5. The predicted molar refractivity (Wildman–Crippen MR) is 155 cm³/mol. The van der Waals surface area contributed by atoms with Crippen LogP contribution in [0.3, 0.4) is 0 Å². The molecular weight excluding hydrogens is 558 g/mol. The fourth-order valence-electron chi connectivity index (χ4n) is 6.78. The smallest absolute Gasteiger partial charge is 0.255 e. The number of nitrogens with two attached hydrogens (primary N) is 1. The van der Waals surface area contributed by atoms with Gasteiger partial charge < -0.3 is 41.6 Å². The number of primary amides is 1. The molecular formula is C30H35N5O8.